The molecular formula is C23H28N8O. The minimum atomic E-state index is -0.214. The van der Waals surface area contributed by atoms with E-state index in [9.17, 15) is 4.79 Å². The first kappa shape index (κ1) is 21.6. The molecule has 3 heterocycles. The summed E-state index contributed by atoms with van der Waals surface area (Å²) in [4.78, 5) is 27.4. The maximum absolute atomic E-state index is 12.0. The summed E-state index contributed by atoms with van der Waals surface area (Å²) < 4.78 is 0. The fraction of sp³-hybridized carbons (Fsp3) is 0.391. The van der Waals surface area contributed by atoms with Crippen LogP contribution in [-0.4, -0.2) is 64.0 Å². The van der Waals surface area contributed by atoms with Gasteiger partial charge in [-0.25, -0.2) is 14.8 Å². The van der Waals surface area contributed by atoms with E-state index in [1.54, 1.807) is 20.3 Å². The Morgan fingerprint density at radius 1 is 1.34 bits per heavy atom. The van der Waals surface area contributed by atoms with Gasteiger partial charge in [0, 0.05) is 50.7 Å². The van der Waals surface area contributed by atoms with E-state index in [2.05, 4.69) is 55.6 Å². The van der Waals surface area contributed by atoms with Gasteiger partial charge in [-0.15, -0.1) is 0 Å². The van der Waals surface area contributed by atoms with Gasteiger partial charge in [-0.1, -0.05) is 6.07 Å². The second kappa shape index (κ2) is 9.24. The zero-order valence-electron chi connectivity index (χ0n) is 18.6. The Labute approximate surface area is 187 Å². The van der Waals surface area contributed by atoms with Crippen LogP contribution >= 0.6 is 0 Å². The molecule has 0 radical (unpaired) electrons. The maximum atomic E-state index is 12.0. The number of aromatic nitrogens is 3. The predicted octanol–water partition coefficient (Wildman–Crippen LogP) is 3.31. The highest BCUT2D eigenvalue weighted by Crippen LogP contribution is 2.26. The van der Waals surface area contributed by atoms with Gasteiger partial charge >= 0.3 is 6.03 Å². The fourth-order valence-electron chi connectivity index (χ4n) is 4.06. The Balaban J connectivity index is 1.36. The molecule has 2 aromatic heterocycles. The average Bonchev–Trinajstić information content (AvgIpc) is 3.22. The lowest BCUT2D eigenvalue weighted by Gasteiger charge is -2.33. The van der Waals surface area contributed by atoms with Gasteiger partial charge in [-0.3, -0.25) is 4.90 Å². The third-order valence-electron chi connectivity index (χ3n) is 5.99. The number of carbonyl (C=O) groups excluding carboxylic acids is 1. The number of hydrogen-bond donors (Lipinski definition) is 3. The molecule has 3 N–H and O–H groups in total. The Kier molecular flexibility index (Phi) is 6.23. The number of H-pyrrole nitrogens is 1. The number of carbonyl (C=O) groups is 1. The van der Waals surface area contributed by atoms with Crippen LogP contribution in [0.4, 0.5) is 16.3 Å². The Hall–Kier alpha value is -3.64. The molecule has 1 fully saturated rings. The molecule has 4 rings (SSSR count). The largest absolute Gasteiger partial charge is 0.365 e. The number of hydrogen-bond acceptors (Lipinski definition) is 6. The molecule has 2 amide bonds. The fourth-order valence-corrected chi connectivity index (χ4v) is 4.06. The molecule has 0 aliphatic carbocycles. The zero-order chi connectivity index (χ0) is 22.7. The van der Waals surface area contributed by atoms with Gasteiger partial charge in [0.1, 0.15) is 23.8 Å². The Morgan fingerprint density at radius 2 is 2.12 bits per heavy atom. The van der Waals surface area contributed by atoms with Crippen LogP contribution in [0, 0.1) is 18.3 Å². The third kappa shape index (κ3) is 4.65. The summed E-state index contributed by atoms with van der Waals surface area (Å²) in [7, 11) is 3.39. The van der Waals surface area contributed by atoms with E-state index >= 15 is 0 Å². The quantitative estimate of drug-likeness (QED) is 0.570. The van der Waals surface area contributed by atoms with Crippen LogP contribution in [0.1, 0.15) is 29.7 Å². The van der Waals surface area contributed by atoms with Gasteiger partial charge in [0.05, 0.1) is 6.20 Å². The number of likely N-dealkylation sites (tertiary alicyclic amines) is 1. The van der Waals surface area contributed by atoms with Crippen molar-refractivity contribution >= 4 is 28.4 Å². The summed E-state index contributed by atoms with van der Waals surface area (Å²) in [6.07, 6.45) is 5.06. The monoisotopic (exact) mass is 432 g/mol. The van der Waals surface area contributed by atoms with Crippen LogP contribution in [0.5, 0.6) is 0 Å². The van der Waals surface area contributed by atoms with Crippen molar-refractivity contribution in [3.63, 3.8) is 0 Å². The van der Waals surface area contributed by atoms with Gasteiger partial charge < -0.3 is 20.5 Å². The third-order valence-corrected chi connectivity index (χ3v) is 5.99. The molecule has 1 aromatic carbocycles. The van der Waals surface area contributed by atoms with Crippen LogP contribution in [0.3, 0.4) is 0 Å². The zero-order valence-corrected chi connectivity index (χ0v) is 18.6. The maximum Gasteiger partial charge on any atom is 0.321 e. The molecule has 0 spiro atoms. The molecule has 1 aliphatic heterocycles. The highest BCUT2D eigenvalue weighted by atomic mass is 16.2. The minimum absolute atomic E-state index is 0.214. The van der Waals surface area contributed by atoms with Crippen LogP contribution in [0.15, 0.2) is 30.7 Å². The number of fused-ring (bicyclic) bond motifs is 1. The number of nitriles is 1. The summed E-state index contributed by atoms with van der Waals surface area (Å²) in [5.41, 5.74) is 4.70. The van der Waals surface area contributed by atoms with Gasteiger partial charge in [-0.05, 0) is 43.0 Å². The first-order valence-corrected chi connectivity index (χ1v) is 10.7. The molecule has 1 aliphatic rings. The van der Waals surface area contributed by atoms with E-state index in [0.717, 1.165) is 43.4 Å². The number of rotatable bonds is 5. The van der Waals surface area contributed by atoms with Gasteiger partial charge in [-0.2, -0.15) is 5.26 Å². The summed E-state index contributed by atoms with van der Waals surface area (Å²) >= 11 is 0. The topological polar surface area (TPSA) is 113 Å². The first-order valence-electron chi connectivity index (χ1n) is 10.7. The number of amides is 2. The van der Waals surface area contributed by atoms with Gasteiger partial charge in [0.25, 0.3) is 0 Å². The number of aryl methyl sites for hydroxylation is 1. The predicted molar refractivity (Wildman–Crippen MR) is 124 cm³/mol. The molecule has 32 heavy (non-hydrogen) atoms. The lowest BCUT2D eigenvalue weighted by Crippen LogP contribution is -2.39. The average molecular weight is 433 g/mol. The number of piperidine rings is 1. The van der Waals surface area contributed by atoms with Crippen molar-refractivity contribution in [2.45, 2.75) is 32.4 Å². The standard InChI is InChI=1S/C23H28N8O/c1-15-16(4-5-20-19(15)10-18(11-24)27-20)13-31-8-6-17(7-9-31)28-22-21(12-25-14-26-22)29-23(32)30(2)3/h4-5,10,12,14,17,27H,6-9,13H2,1-3H3,(H,29,32)(H,25,26,28). The van der Waals surface area contributed by atoms with Crippen molar-refractivity contribution in [2.75, 3.05) is 37.8 Å². The van der Waals surface area contributed by atoms with Crippen molar-refractivity contribution in [2.24, 2.45) is 0 Å². The van der Waals surface area contributed by atoms with Crippen molar-refractivity contribution in [1.82, 2.24) is 24.8 Å². The lowest BCUT2D eigenvalue weighted by molar-refractivity contribution is 0.211. The molecular weight excluding hydrogens is 404 g/mol. The van der Waals surface area contributed by atoms with Crippen molar-refractivity contribution in [3.05, 3.63) is 47.5 Å². The number of benzene rings is 1. The molecule has 3 aromatic rings. The van der Waals surface area contributed by atoms with Crippen LogP contribution in [0.25, 0.3) is 10.9 Å². The summed E-state index contributed by atoms with van der Waals surface area (Å²) in [5.74, 6) is 0.649. The summed E-state index contributed by atoms with van der Waals surface area (Å²) in [6, 6.07) is 8.39. The van der Waals surface area contributed by atoms with Crippen LogP contribution in [0.2, 0.25) is 0 Å². The summed E-state index contributed by atoms with van der Waals surface area (Å²) in [5, 5.41) is 16.6. The number of nitrogens with zero attached hydrogens (tertiary/aromatic N) is 5. The Bertz CT molecular complexity index is 1150. The van der Waals surface area contributed by atoms with Crippen molar-refractivity contribution < 1.29 is 4.79 Å². The smallest absolute Gasteiger partial charge is 0.321 e. The van der Waals surface area contributed by atoms with Gasteiger partial charge in [0.15, 0.2) is 5.82 Å². The van der Waals surface area contributed by atoms with Crippen LogP contribution < -0.4 is 10.6 Å². The lowest BCUT2D eigenvalue weighted by atomic mass is 10.0. The first-order chi connectivity index (χ1) is 15.4. The molecule has 0 saturated carbocycles. The Morgan fingerprint density at radius 3 is 2.84 bits per heavy atom. The van der Waals surface area contributed by atoms with E-state index in [1.165, 1.54) is 22.4 Å². The number of anilines is 2. The molecule has 1 saturated heterocycles. The number of aromatic amines is 1. The molecule has 9 heteroatoms. The minimum Gasteiger partial charge on any atom is -0.365 e. The molecule has 166 valence electrons. The van der Waals surface area contributed by atoms with Crippen molar-refractivity contribution in [1.29, 1.82) is 5.26 Å². The number of nitrogens with one attached hydrogen (secondary N) is 3. The summed E-state index contributed by atoms with van der Waals surface area (Å²) in [6.45, 7) is 4.95. The van der Waals surface area contributed by atoms with E-state index in [4.69, 9.17) is 5.26 Å². The van der Waals surface area contributed by atoms with Crippen molar-refractivity contribution in [3.8, 4) is 6.07 Å². The number of urea groups is 1. The van der Waals surface area contributed by atoms with E-state index in [-0.39, 0.29) is 12.1 Å². The highest BCUT2D eigenvalue weighted by molar-refractivity contribution is 5.91. The SMILES string of the molecule is Cc1c(CN2CCC(Nc3ncncc3NC(=O)N(C)C)CC2)ccc2[nH]c(C#N)cc12. The van der Waals surface area contributed by atoms with E-state index in [1.807, 2.05) is 6.07 Å². The molecule has 9 nitrogen and oxygen atoms in total. The van der Waals surface area contributed by atoms with Gasteiger partial charge in [0.2, 0.25) is 0 Å². The normalized spacial score (nSPS) is 14.8. The molecule has 0 bridgehead atoms. The molecule has 0 unspecified atom stereocenters. The van der Waals surface area contributed by atoms with Crippen LogP contribution in [-0.2, 0) is 6.54 Å². The van der Waals surface area contributed by atoms with E-state index in [0.29, 0.717) is 17.2 Å². The second-order valence-electron chi connectivity index (χ2n) is 8.41. The second-order valence-corrected chi connectivity index (χ2v) is 8.41. The molecule has 0 atom stereocenters. The van der Waals surface area contributed by atoms with E-state index < -0.39 is 0 Å². The highest BCUT2D eigenvalue weighted by Gasteiger charge is 2.22.